The van der Waals surface area contributed by atoms with Gasteiger partial charge in [-0.3, -0.25) is 15.5 Å². The van der Waals surface area contributed by atoms with Crippen LogP contribution in [0.3, 0.4) is 0 Å². The van der Waals surface area contributed by atoms with E-state index in [1.807, 2.05) is 30.3 Å². The molecule has 0 bridgehead atoms. The highest BCUT2D eigenvalue weighted by Crippen LogP contribution is 2.36. The van der Waals surface area contributed by atoms with Crippen LogP contribution >= 0.6 is 22.6 Å². The Kier molecular flexibility index (Phi) is 7.74. The van der Waals surface area contributed by atoms with E-state index in [0.29, 0.717) is 29.7 Å². The largest absolute Gasteiger partial charge is 0.493 e. The van der Waals surface area contributed by atoms with Gasteiger partial charge in [-0.15, -0.1) is 0 Å². The molecule has 0 atom stereocenters. The zero-order valence-corrected chi connectivity index (χ0v) is 19.3. The quantitative estimate of drug-likeness (QED) is 0.150. The molecule has 3 aromatic rings. The van der Waals surface area contributed by atoms with E-state index in [4.69, 9.17) is 9.47 Å². The number of rotatable bonds is 8. The van der Waals surface area contributed by atoms with E-state index in [0.717, 1.165) is 21.3 Å². The third-order valence-electron chi connectivity index (χ3n) is 4.40. The summed E-state index contributed by atoms with van der Waals surface area (Å²) >= 11 is 2.08. The maximum absolute atomic E-state index is 12.8. The summed E-state index contributed by atoms with van der Waals surface area (Å²) in [7, 11) is 1.49. The topological polar surface area (TPSA) is 86.0 Å². The number of hydrogen-bond acceptors (Lipinski definition) is 6. The molecular weight excluding hydrogens is 554 g/mol. The van der Waals surface area contributed by atoms with Crippen LogP contribution in [0.5, 0.6) is 11.5 Å². The molecule has 11 heteroatoms. The monoisotopic (exact) mass is 571 g/mol. The number of benzene rings is 3. The minimum absolute atomic E-state index is 0.172. The highest BCUT2D eigenvalue weighted by Gasteiger charge is 2.33. The first-order valence-corrected chi connectivity index (χ1v) is 10.5. The SMILES string of the molecule is COc1cc(/C=N\Nc2ccc(C(F)(F)F)cc2[N+](=O)[O-])cc(I)c1OCc1ccccc1. The van der Waals surface area contributed by atoms with Gasteiger partial charge in [0.2, 0.25) is 0 Å². The Morgan fingerprint density at radius 3 is 2.52 bits per heavy atom. The summed E-state index contributed by atoms with van der Waals surface area (Å²) in [6.45, 7) is 0.347. The van der Waals surface area contributed by atoms with Crippen LogP contribution in [-0.2, 0) is 12.8 Å². The van der Waals surface area contributed by atoms with E-state index in [1.165, 1.54) is 13.3 Å². The van der Waals surface area contributed by atoms with Gasteiger partial charge in [0, 0.05) is 6.07 Å². The zero-order chi connectivity index (χ0) is 24.0. The van der Waals surface area contributed by atoms with Gasteiger partial charge in [0.1, 0.15) is 12.3 Å². The molecule has 0 aromatic heterocycles. The smallest absolute Gasteiger partial charge is 0.416 e. The first kappa shape index (κ1) is 24.3. The molecule has 1 N–H and O–H groups in total. The van der Waals surface area contributed by atoms with Gasteiger partial charge in [-0.1, -0.05) is 30.3 Å². The standard InChI is InChI=1S/C22H17F3IN3O4/c1-32-20-10-15(9-17(26)21(20)33-13-14-5-3-2-4-6-14)12-27-28-18-8-7-16(22(23,24)25)11-19(18)29(30)31/h2-12,28H,13H2,1H3/b27-12-. The number of halogens is 4. The average Bonchev–Trinajstić information content (AvgIpc) is 2.78. The van der Waals surface area contributed by atoms with Crippen molar-refractivity contribution in [3.05, 3.63) is 91.0 Å². The number of nitro groups is 1. The van der Waals surface area contributed by atoms with Crippen molar-refractivity contribution in [2.24, 2.45) is 5.10 Å². The van der Waals surface area contributed by atoms with Crippen LogP contribution in [0.1, 0.15) is 16.7 Å². The van der Waals surface area contributed by atoms with Gasteiger partial charge in [-0.05, 0) is 58.0 Å². The Labute approximate surface area is 200 Å². The molecule has 0 saturated heterocycles. The molecule has 0 amide bonds. The van der Waals surface area contributed by atoms with Crippen molar-refractivity contribution in [3.63, 3.8) is 0 Å². The lowest BCUT2D eigenvalue weighted by Gasteiger charge is -2.13. The Balaban J connectivity index is 1.77. The number of methoxy groups -OCH3 is 1. The van der Waals surface area contributed by atoms with Crippen LogP contribution in [0.25, 0.3) is 0 Å². The molecule has 0 saturated carbocycles. The molecule has 33 heavy (non-hydrogen) atoms. The molecule has 172 valence electrons. The highest BCUT2D eigenvalue weighted by molar-refractivity contribution is 14.1. The van der Waals surface area contributed by atoms with Crippen molar-refractivity contribution in [1.29, 1.82) is 0 Å². The highest BCUT2D eigenvalue weighted by atomic mass is 127. The van der Waals surface area contributed by atoms with Gasteiger partial charge in [-0.25, -0.2) is 0 Å². The molecule has 0 radical (unpaired) electrons. The number of nitrogens with zero attached hydrogens (tertiary/aromatic N) is 2. The van der Waals surface area contributed by atoms with Crippen LogP contribution in [-0.4, -0.2) is 18.2 Å². The average molecular weight is 571 g/mol. The lowest BCUT2D eigenvalue weighted by Crippen LogP contribution is -2.06. The summed E-state index contributed by atoms with van der Waals surface area (Å²) in [6, 6.07) is 15.2. The van der Waals surface area contributed by atoms with E-state index >= 15 is 0 Å². The lowest BCUT2D eigenvalue weighted by molar-refractivity contribution is -0.384. The van der Waals surface area contributed by atoms with Crippen molar-refractivity contribution < 1.29 is 27.6 Å². The minimum Gasteiger partial charge on any atom is -0.493 e. The van der Waals surface area contributed by atoms with Crippen molar-refractivity contribution in [1.82, 2.24) is 0 Å². The summed E-state index contributed by atoms with van der Waals surface area (Å²) in [6.07, 6.45) is -3.32. The first-order valence-electron chi connectivity index (χ1n) is 9.38. The van der Waals surface area contributed by atoms with E-state index < -0.39 is 22.4 Å². The van der Waals surface area contributed by atoms with Gasteiger partial charge in [0.15, 0.2) is 11.5 Å². The van der Waals surface area contributed by atoms with Crippen LogP contribution in [0.15, 0.2) is 65.8 Å². The summed E-state index contributed by atoms with van der Waals surface area (Å²) in [5.41, 5.74) is 1.98. The second-order valence-corrected chi connectivity index (χ2v) is 7.83. The summed E-state index contributed by atoms with van der Waals surface area (Å²) in [4.78, 5) is 10.3. The second-order valence-electron chi connectivity index (χ2n) is 6.67. The number of ether oxygens (including phenoxy) is 2. The molecule has 0 aliphatic heterocycles. The van der Waals surface area contributed by atoms with Crippen molar-refractivity contribution in [2.45, 2.75) is 12.8 Å². The number of nitrogens with one attached hydrogen (secondary N) is 1. The normalized spacial score (nSPS) is 11.4. The van der Waals surface area contributed by atoms with Gasteiger partial charge >= 0.3 is 6.18 Å². The summed E-state index contributed by atoms with van der Waals surface area (Å²) in [5.74, 6) is 1.00. The first-order chi connectivity index (χ1) is 15.7. The second kappa shape index (κ2) is 10.5. The van der Waals surface area contributed by atoms with Crippen molar-refractivity contribution in [2.75, 3.05) is 12.5 Å². The fraction of sp³-hybridized carbons (Fsp3) is 0.136. The third kappa shape index (κ3) is 6.34. The van der Waals surface area contributed by atoms with Gasteiger partial charge in [0.25, 0.3) is 5.69 Å². The fourth-order valence-electron chi connectivity index (χ4n) is 2.81. The van der Waals surface area contributed by atoms with E-state index in [-0.39, 0.29) is 5.69 Å². The maximum Gasteiger partial charge on any atom is 0.416 e. The number of nitro benzene ring substituents is 1. The minimum atomic E-state index is -4.69. The van der Waals surface area contributed by atoms with Crippen molar-refractivity contribution >= 4 is 40.2 Å². The molecule has 0 heterocycles. The number of hydrazone groups is 1. The Morgan fingerprint density at radius 1 is 1.15 bits per heavy atom. The summed E-state index contributed by atoms with van der Waals surface area (Å²) in [5, 5.41) is 15.1. The van der Waals surface area contributed by atoms with Gasteiger partial charge in [-0.2, -0.15) is 18.3 Å². The molecule has 0 unspecified atom stereocenters. The molecule has 0 fully saturated rings. The molecule has 3 aromatic carbocycles. The van der Waals surface area contributed by atoms with Gasteiger partial charge in [0.05, 0.1) is 27.4 Å². The Hall–Kier alpha value is -3.35. The Morgan fingerprint density at radius 2 is 1.88 bits per heavy atom. The number of anilines is 1. The fourth-order valence-corrected chi connectivity index (χ4v) is 3.60. The maximum atomic E-state index is 12.8. The van der Waals surface area contributed by atoms with Crippen LogP contribution in [0.4, 0.5) is 24.5 Å². The Bertz CT molecular complexity index is 1170. The predicted molar refractivity (Wildman–Crippen MR) is 126 cm³/mol. The van der Waals surface area contributed by atoms with Crippen LogP contribution in [0, 0.1) is 13.7 Å². The van der Waals surface area contributed by atoms with Crippen molar-refractivity contribution in [3.8, 4) is 11.5 Å². The van der Waals surface area contributed by atoms with E-state index in [1.54, 1.807) is 12.1 Å². The van der Waals surface area contributed by atoms with E-state index in [9.17, 15) is 23.3 Å². The van der Waals surface area contributed by atoms with Gasteiger partial charge < -0.3 is 9.47 Å². The molecule has 0 aliphatic carbocycles. The number of alkyl halides is 3. The number of hydrogen-bond donors (Lipinski definition) is 1. The molecular formula is C22H17F3IN3O4. The predicted octanol–water partition coefficient (Wildman–Crippen LogP) is 6.25. The third-order valence-corrected chi connectivity index (χ3v) is 5.20. The lowest BCUT2D eigenvalue weighted by atomic mass is 10.1. The molecule has 7 nitrogen and oxygen atoms in total. The van der Waals surface area contributed by atoms with Crippen LogP contribution in [0.2, 0.25) is 0 Å². The summed E-state index contributed by atoms with van der Waals surface area (Å²) < 4.78 is 50.5. The molecule has 0 aliphatic rings. The molecule has 0 spiro atoms. The van der Waals surface area contributed by atoms with Crippen LogP contribution < -0.4 is 14.9 Å². The van der Waals surface area contributed by atoms with E-state index in [2.05, 4.69) is 33.1 Å². The molecule has 3 rings (SSSR count). The zero-order valence-electron chi connectivity index (χ0n) is 17.1.